The quantitative estimate of drug-likeness (QED) is 0.0261. The Labute approximate surface area is 713 Å². The van der Waals surface area contributed by atoms with E-state index in [-0.39, 0.29) is 91.7 Å². The number of Topliss-reactive ketones (excluding diaryl/α,β-unsaturated/α-hetero) is 6. The minimum absolute atomic E-state index is 0.0844. The number of ether oxygens (including phenoxy) is 6. The first-order valence-corrected chi connectivity index (χ1v) is 43.5. The number of thioether (sulfide) groups is 6. The smallest absolute Gasteiger partial charge is 0.323 e. The normalized spacial score (nSPS) is 12.1. The van der Waals surface area contributed by atoms with Crippen molar-refractivity contribution in [3.8, 4) is 0 Å². The van der Waals surface area contributed by atoms with Crippen molar-refractivity contribution in [3.05, 3.63) is 209 Å². The van der Waals surface area contributed by atoms with Crippen molar-refractivity contribution in [3.63, 3.8) is 0 Å². The molecule has 0 heterocycles. The van der Waals surface area contributed by atoms with Gasteiger partial charge in [0.2, 0.25) is 0 Å². The molecule has 29 heteroatoms. The molecular formula is C83H101BrCl4O18S6. The third-order valence-electron chi connectivity index (χ3n) is 15.1. The number of ketones is 6. The fraction of sp³-hybridized carbons (Fsp3) is 0.422. The van der Waals surface area contributed by atoms with Crippen LogP contribution in [0.25, 0.3) is 0 Å². The monoisotopic (exact) mass is 1800 g/mol. The van der Waals surface area contributed by atoms with Crippen LogP contribution in [0.2, 0.25) is 20.1 Å². The average molecular weight is 1800 g/mol. The van der Waals surface area contributed by atoms with Gasteiger partial charge in [-0.3, -0.25) is 57.5 Å². The molecule has 0 aliphatic rings. The van der Waals surface area contributed by atoms with Crippen molar-refractivity contribution in [2.75, 3.05) is 77.2 Å². The summed E-state index contributed by atoms with van der Waals surface area (Å²) in [6.07, 6.45) is 2.72. The van der Waals surface area contributed by atoms with Crippen LogP contribution in [0.5, 0.6) is 0 Å². The number of hydrogen-bond donors (Lipinski definition) is 0. The Morgan fingerprint density at radius 1 is 0.321 bits per heavy atom. The second-order valence-corrected chi connectivity index (χ2v) is 35.4. The Kier molecular flexibility index (Phi) is 53.7. The number of aryl methyl sites for hydroxylation is 1. The van der Waals surface area contributed by atoms with Crippen molar-refractivity contribution < 1.29 is 86.0 Å². The zero-order chi connectivity index (χ0) is 84.6. The fourth-order valence-electron chi connectivity index (χ4n) is 8.89. The SMILES string of the molecule is COC(=O)C(SCCC(C)=O)c1ccc(Br)cc1.COC(=O)C(SCCC(C)=O)c1ccc(C(C)(C)C)cc1.COC(=O)C(SCCC(C)=O)c1ccc(C)cc1.COC(=O)C(SCCC(C)=O)c1ccc(Cl)c(Cl)c1.COC(=O)C(SCCC(C)=O)c1ccc(Cl)cc1.COC(=O)C(SCCC(C)=O)c1cccc(Cl)c1. The molecule has 6 rings (SSSR count). The molecule has 0 spiro atoms. The summed E-state index contributed by atoms with van der Waals surface area (Å²) in [5.41, 5.74) is 7.53. The zero-order valence-electron chi connectivity index (χ0n) is 65.9. The van der Waals surface area contributed by atoms with Crippen LogP contribution in [-0.4, -0.2) is 148 Å². The van der Waals surface area contributed by atoms with E-state index >= 15 is 0 Å². The van der Waals surface area contributed by atoms with Crippen LogP contribution in [0.3, 0.4) is 0 Å². The summed E-state index contributed by atoms with van der Waals surface area (Å²) in [7, 11) is 8.19. The summed E-state index contributed by atoms with van der Waals surface area (Å²) in [6, 6.07) is 42.6. The summed E-state index contributed by atoms with van der Waals surface area (Å²) in [5.74, 6) is 2.46. The van der Waals surface area contributed by atoms with Crippen LogP contribution >= 0.6 is 133 Å². The van der Waals surface area contributed by atoms with Crippen LogP contribution < -0.4 is 0 Å². The van der Waals surface area contributed by atoms with E-state index in [9.17, 15) is 57.5 Å². The van der Waals surface area contributed by atoms with Gasteiger partial charge in [-0.2, -0.15) is 0 Å². The van der Waals surface area contributed by atoms with E-state index in [1.165, 1.54) is 140 Å². The molecule has 0 saturated carbocycles. The predicted octanol–water partition coefficient (Wildman–Crippen LogP) is 20.7. The van der Waals surface area contributed by atoms with Gasteiger partial charge in [0.1, 0.15) is 66.2 Å². The summed E-state index contributed by atoms with van der Waals surface area (Å²) in [4.78, 5) is 136. The summed E-state index contributed by atoms with van der Waals surface area (Å²) >= 11 is 35.3. The van der Waals surface area contributed by atoms with E-state index in [2.05, 4.69) is 48.8 Å². The Morgan fingerprint density at radius 2 is 0.571 bits per heavy atom. The molecule has 18 nitrogen and oxygen atoms in total. The molecule has 0 N–H and O–H groups in total. The lowest BCUT2D eigenvalue weighted by atomic mass is 9.86. The van der Waals surface area contributed by atoms with E-state index in [0.717, 1.165) is 43.4 Å². The first kappa shape index (κ1) is 104. The van der Waals surface area contributed by atoms with E-state index in [1.807, 2.05) is 73.7 Å². The van der Waals surface area contributed by atoms with Gasteiger partial charge in [-0.1, -0.05) is 180 Å². The van der Waals surface area contributed by atoms with Gasteiger partial charge in [-0.25, -0.2) is 0 Å². The molecule has 0 aromatic heterocycles. The second kappa shape index (κ2) is 57.9. The van der Waals surface area contributed by atoms with Gasteiger partial charge in [-0.15, -0.1) is 70.6 Å². The first-order chi connectivity index (χ1) is 52.9. The molecular weight excluding hydrogens is 1700 g/mol. The van der Waals surface area contributed by atoms with Gasteiger partial charge in [-0.05, 0) is 141 Å². The maximum absolute atomic E-state index is 11.9. The Bertz CT molecular complexity index is 3760. The maximum atomic E-state index is 11.9. The molecule has 0 saturated heterocycles. The molecule has 6 aromatic rings. The summed E-state index contributed by atoms with van der Waals surface area (Å²) in [5, 5.41) is -0.424. The highest BCUT2D eigenvalue weighted by Crippen LogP contribution is 2.38. The molecule has 0 aliphatic heterocycles. The van der Waals surface area contributed by atoms with Crippen molar-refractivity contribution >= 4 is 203 Å². The molecule has 0 radical (unpaired) electrons. The first-order valence-electron chi connectivity index (χ1n) is 34.9. The van der Waals surface area contributed by atoms with Gasteiger partial charge in [0.25, 0.3) is 0 Å². The van der Waals surface area contributed by atoms with Gasteiger partial charge in [0.05, 0.1) is 52.7 Å². The van der Waals surface area contributed by atoms with Crippen molar-refractivity contribution in [1.29, 1.82) is 0 Å². The molecule has 0 bridgehead atoms. The second-order valence-electron chi connectivity index (χ2n) is 25.5. The lowest BCUT2D eigenvalue weighted by Crippen LogP contribution is -2.14. The van der Waals surface area contributed by atoms with Gasteiger partial charge in [0.15, 0.2) is 0 Å². The maximum Gasteiger partial charge on any atom is 0.323 e. The number of hydrogen-bond acceptors (Lipinski definition) is 24. The molecule has 0 amide bonds. The molecule has 6 aromatic carbocycles. The van der Waals surface area contributed by atoms with Crippen molar-refractivity contribution in [2.24, 2.45) is 0 Å². The van der Waals surface area contributed by atoms with E-state index in [0.29, 0.717) is 93.1 Å². The third kappa shape index (κ3) is 43.6. The highest BCUT2D eigenvalue weighted by Gasteiger charge is 2.28. The van der Waals surface area contributed by atoms with Gasteiger partial charge in [0, 0.05) is 87.6 Å². The number of carbonyl (C=O) groups excluding carboxylic acids is 12. The van der Waals surface area contributed by atoms with E-state index in [1.54, 1.807) is 81.4 Å². The molecule has 6 unspecified atom stereocenters. The largest absolute Gasteiger partial charge is 0.468 e. The minimum atomic E-state index is -0.501. The number of benzene rings is 6. The number of esters is 6. The Morgan fingerprint density at radius 3 is 0.830 bits per heavy atom. The van der Waals surface area contributed by atoms with Crippen LogP contribution in [0, 0.1) is 6.92 Å². The number of rotatable bonds is 36. The van der Waals surface area contributed by atoms with Crippen LogP contribution in [0.4, 0.5) is 0 Å². The minimum Gasteiger partial charge on any atom is -0.468 e. The summed E-state index contributed by atoms with van der Waals surface area (Å²) in [6.45, 7) is 17.7. The molecule has 612 valence electrons. The predicted molar refractivity (Wildman–Crippen MR) is 465 cm³/mol. The van der Waals surface area contributed by atoms with Gasteiger partial charge >= 0.3 is 35.8 Å². The number of carbonyl (C=O) groups is 12. The standard InChI is InChI=1S/C17H24O3S.C14H18O3S.C13H15BrO3S.C13H14Cl2O3S.2C13H15ClO3S/c1-12(18)10-11-21-15(16(19)20-5)13-6-8-14(9-7-13)17(2,3)4;1-10-4-6-12(7-5-10)13(14(16)17-3)18-9-8-11(2)15;1-9(15)7-8-18-12(13(16)17-2)10-3-5-11(14)6-4-10;1-8(16)5-6-19-12(13(17)18-2)9-3-4-10(14)11(15)7-9;1-9(15)7-8-18-12(13(16)17-2)10-3-5-11(14)6-4-10;1-9(15)6-7-18-12(13(16)17-2)10-4-3-5-11(14)8-10/h6-9,15H,10-11H2,1-5H3;4-7,13H,8-9H2,1-3H3;3-6,12H,7-8H2,1-2H3;3-4,7,12H,5-6H2,1-2H3;3-6,12H,7-8H2,1-2H3;3-5,8,12H,6-7H2,1-2H3. The van der Waals surface area contributed by atoms with Crippen LogP contribution in [0.15, 0.2) is 144 Å². The number of halogens is 5. The molecule has 6 atom stereocenters. The van der Waals surface area contributed by atoms with Gasteiger partial charge < -0.3 is 28.4 Å². The lowest BCUT2D eigenvalue weighted by Gasteiger charge is -2.20. The molecule has 0 fully saturated rings. The highest BCUT2D eigenvalue weighted by atomic mass is 79.9. The third-order valence-corrected chi connectivity index (χ3v) is 24.3. The Balaban J connectivity index is 0.000000673. The average Bonchev–Trinajstić information content (AvgIpc) is 0.850. The highest BCUT2D eigenvalue weighted by molar-refractivity contribution is 9.10. The van der Waals surface area contributed by atoms with Crippen molar-refractivity contribution in [2.45, 2.75) is 145 Å². The number of methoxy groups -OCH3 is 6. The Hall–Kier alpha value is -6.10. The van der Waals surface area contributed by atoms with E-state index < -0.39 is 15.7 Å². The summed E-state index contributed by atoms with van der Waals surface area (Å²) < 4.78 is 29.8. The van der Waals surface area contributed by atoms with E-state index in [4.69, 9.17) is 74.8 Å². The molecule has 112 heavy (non-hydrogen) atoms. The topological polar surface area (TPSA) is 260 Å². The lowest BCUT2D eigenvalue weighted by molar-refractivity contribution is -0.141. The van der Waals surface area contributed by atoms with Crippen molar-refractivity contribution in [1.82, 2.24) is 0 Å². The zero-order valence-corrected chi connectivity index (χ0v) is 75.4. The molecule has 0 aliphatic carbocycles. The van der Waals surface area contributed by atoms with Crippen LogP contribution in [-0.2, 0) is 91.4 Å². The fourth-order valence-corrected chi connectivity index (χ4v) is 17.1. The van der Waals surface area contributed by atoms with Crippen LogP contribution in [0.1, 0.15) is 177 Å².